The van der Waals surface area contributed by atoms with Gasteiger partial charge in [0.25, 0.3) is 5.91 Å². The number of amides is 3. The van der Waals surface area contributed by atoms with Gasteiger partial charge in [-0.2, -0.15) is 0 Å². The third-order valence-electron chi connectivity index (χ3n) is 2.66. The van der Waals surface area contributed by atoms with Gasteiger partial charge < -0.3 is 21.1 Å². The lowest BCUT2D eigenvalue weighted by atomic mass is 10.1. The Labute approximate surface area is 129 Å². The van der Waals surface area contributed by atoms with Crippen molar-refractivity contribution >= 4 is 23.6 Å². The van der Waals surface area contributed by atoms with Gasteiger partial charge >= 0.3 is 12.0 Å². The summed E-state index contributed by atoms with van der Waals surface area (Å²) in [5.41, 5.74) is 0.830. The number of carbonyl (C=O) groups is 3. The minimum Gasteiger partial charge on any atom is -0.481 e. The van der Waals surface area contributed by atoms with Gasteiger partial charge in [-0.3, -0.25) is 9.59 Å². The van der Waals surface area contributed by atoms with Gasteiger partial charge in [-0.25, -0.2) is 4.79 Å². The molecule has 0 saturated carbocycles. The first-order chi connectivity index (χ1) is 10.3. The van der Waals surface area contributed by atoms with Gasteiger partial charge in [0.2, 0.25) is 0 Å². The van der Waals surface area contributed by atoms with Gasteiger partial charge in [0, 0.05) is 23.3 Å². The molecule has 0 aliphatic carbocycles. The van der Waals surface area contributed by atoms with E-state index in [1.807, 2.05) is 13.8 Å². The second-order valence-corrected chi connectivity index (χ2v) is 5.31. The lowest BCUT2D eigenvalue weighted by Crippen LogP contribution is -2.35. The van der Waals surface area contributed by atoms with Crippen LogP contribution in [0, 0.1) is 0 Å². The van der Waals surface area contributed by atoms with Crippen molar-refractivity contribution in [1.82, 2.24) is 10.6 Å². The molecule has 0 saturated heterocycles. The minimum absolute atomic E-state index is 0.00310. The van der Waals surface area contributed by atoms with Crippen LogP contribution in [0.1, 0.15) is 37.6 Å². The number of urea groups is 1. The standard InChI is InChI=1S/C15H21N3O4/c1-9(2)16-15(22)18-12-6-4-5-11(8-12)14(21)17-10(3)7-13(19)20/h4-6,8-10H,7H2,1-3H3,(H,17,21)(H,19,20)(H2,16,18,22). The first kappa shape index (κ1) is 17.5. The summed E-state index contributed by atoms with van der Waals surface area (Å²) in [7, 11) is 0. The highest BCUT2D eigenvalue weighted by atomic mass is 16.4. The molecule has 0 fully saturated rings. The summed E-state index contributed by atoms with van der Waals surface area (Å²) in [6, 6.07) is 5.59. The Kier molecular flexibility index (Phi) is 6.37. The Balaban J connectivity index is 2.68. The zero-order chi connectivity index (χ0) is 16.7. The van der Waals surface area contributed by atoms with Gasteiger partial charge in [-0.1, -0.05) is 6.07 Å². The van der Waals surface area contributed by atoms with Crippen molar-refractivity contribution in [3.05, 3.63) is 29.8 Å². The summed E-state index contributed by atoms with van der Waals surface area (Å²) in [5.74, 6) is -1.37. The molecule has 0 heterocycles. The summed E-state index contributed by atoms with van der Waals surface area (Å²) in [5, 5.41) is 16.6. The average Bonchev–Trinajstić information content (AvgIpc) is 2.36. The highest BCUT2D eigenvalue weighted by Crippen LogP contribution is 2.11. The predicted octanol–water partition coefficient (Wildman–Crippen LogP) is 1.81. The highest BCUT2D eigenvalue weighted by Gasteiger charge is 2.13. The molecule has 3 amide bonds. The maximum absolute atomic E-state index is 12.0. The Morgan fingerprint density at radius 1 is 1.14 bits per heavy atom. The van der Waals surface area contributed by atoms with Crippen LogP contribution in [0.4, 0.5) is 10.5 Å². The molecule has 1 rings (SSSR count). The van der Waals surface area contributed by atoms with E-state index in [9.17, 15) is 14.4 Å². The molecule has 1 aromatic carbocycles. The van der Waals surface area contributed by atoms with Crippen molar-refractivity contribution in [3.8, 4) is 0 Å². The fourth-order valence-electron chi connectivity index (χ4n) is 1.79. The topological polar surface area (TPSA) is 108 Å². The number of benzene rings is 1. The summed E-state index contributed by atoms with van der Waals surface area (Å²) in [6.45, 7) is 5.30. The van der Waals surface area contributed by atoms with Crippen molar-refractivity contribution in [2.45, 2.75) is 39.3 Å². The number of hydrogen-bond acceptors (Lipinski definition) is 3. The van der Waals surface area contributed by atoms with Crippen LogP contribution in [-0.2, 0) is 4.79 Å². The molecule has 0 radical (unpaired) electrons. The van der Waals surface area contributed by atoms with E-state index >= 15 is 0 Å². The van der Waals surface area contributed by atoms with Gasteiger partial charge in [0.1, 0.15) is 0 Å². The van der Waals surface area contributed by atoms with Crippen LogP contribution in [0.3, 0.4) is 0 Å². The highest BCUT2D eigenvalue weighted by molar-refractivity contribution is 5.97. The maximum Gasteiger partial charge on any atom is 0.319 e. The molecule has 1 aromatic rings. The first-order valence-corrected chi connectivity index (χ1v) is 6.98. The molecule has 0 spiro atoms. The monoisotopic (exact) mass is 307 g/mol. The van der Waals surface area contributed by atoms with E-state index in [1.54, 1.807) is 25.1 Å². The van der Waals surface area contributed by atoms with Gasteiger partial charge in [0.05, 0.1) is 6.42 Å². The molecule has 0 aromatic heterocycles. The molecule has 0 bridgehead atoms. The minimum atomic E-state index is -0.978. The van der Waals surface area contributed by atoms with Crippen molar-refractivity contribution in [2.24, 2.45) is 0 Å². The van der Waals surface area contributed by atoms with E-state index in [0.717, 1.165) is 0 Å². The van der Waals surface area contributed by atoms with E-state index in [4.69, 9.17) is 5.11 Å². The molecule has 0 aliphatic heterocycles. The molecular weight excluding hydrogens is 286 g/mol. The number of carbonyl (C=O) groups excluding carboxylic acids is 2. The Hall–Kier alpha value is -2.57. The van der Waals surface area contributed by atoms with Crippen LogP contribution in [0.25, 0.3) is 0 Å². The molecule has 4 N–H and O–H groups in total. The molecule has 1 atom stereocenters. The smallest absolute Gasteiger partial charge is 0.319 e. The van der Waals surface area contributed by atoms with Gasteiger partial charge in [-0.15, -0.1) is 0 Å². The fraction of sp³-hybridized carbons (Fsp3) is 0.400. The Morgan fingerprint density at radius 2 is 1.82 bits per heavy atom. The predicted molar refractivity (Wildman–Crippen MR) is 82.9 cm³/mol. The molecule has 22 heavy (non-hydrogen) atoms. The molecule has 7 heteroatoms. The van der Waals surface area contributed by atoms with Crippen molar-refractivity contribution in [3.63, 3.8) is 0 Å². The lowest BCUT2D eigenvalue weighted by Gasteiger charge is -2.13. The zero-order valence-corrected chi connectivity index (χ0v) is 12.8. The van der Waals surface area contributed by atoms with Gasteiger partial charge in [0.15, 0.2) is 0 Å². The van der Waals surface area contributed by atoms with Crippen LogP contribution < -0.4 is 16.0 Å². The van der Waals surface area contributed by atoms with E-state index in [0.29, 0.717) is 11.3 Å². The van der Waals surface area contributed by atoms with Crippen molar-refractivity contribution in [2.75, 3.05) is 5.32 Å². The fourth-order valence-corrected chi connectivity index (χ4v) is 1.79. The number of hydrogen-bond donors (Lipinski definition) is 4. The van der Waals surface area contributed by atoms with Crippen LogP contribution in [0.2, 0.25) is 0 Å². The van der Waals surface area contributed by atoms with Crippen LogP contribution >= 0.6 is 0 Å². The number of rotatable bonds is 6. The molecule has 0 aliphatic rings. The van der Waals surface area contributed by atoms with E-state index in [-0.39, 0.29) is 24.4 Å². The summed E-state index contributed by atoms with van der Waals surface area (Å²) < 4.78 is 0. The Morgan fingerprint density at radius 3 is 2.41 bits per heavy atom. The first-order valence-electron chi connectivity index (χ1n) is 6.98. The second-order valence-electron chi connectivity index (χ2n) is 5.31. The summed E-state index contributed by atoms with van der Waals surface area (Å²) in [4.78, 5) is 34.2. The van der Waals surface area contributed by atoms with E-state index in [2.05, 4.69) is 16.0 Å². The van der Waals surface area contributed by atoms with Crippen LogP contribution in [-0.4, -0.2) is 35.1 Å². The maximum atomic E-state index is 12.0. The number of carboxylic acid groups (broad SMARTS) is 1. The van der Waals surface area contributed by atoms with Gasteiger partial charge in [-0.05, 0) is 39.0 Å². The summed E-state index contributed by atoms with van der Waals surface area (Å²) >= 11 is 0. The third-order valence-corrected chi connectivity index (χ3v) is 2.66. The lowest BCUT2D eigenvalue weighted by molar-refractivity contribution is -0.137. The Bertz CT molecular complexity index is 557. The summed E-state index contributed by atoms with van der Waals surface area (Å²) in [6.07, 6.45) is -0.152. The number of nitrogens with one attached hydrogen (secondary N) is 3. The van der Waals surface area contributed by atoms with E-state index in [1.165, 1.54) is 6.07 Å². The normalized spacial score (nSPS) is 11.6. The molecule has 7 nitrogen and oxygen atoms in total. The van der Waals surface area contributed by atoms with Crippen molar-refractivity contribution < 1.29 is 19.5 Å². The quantitative estimate of drug-likeness (QED) is 0.643. The third kappa shape index (κ3) is 6.25. The molecular formula is C15H21N3O4. The number of aliphatic carboxylic acids is 1. The van der Waals surface area contributed by atoms with Crippen LogP contribution in [0.15, 0.2) is 24.3 Å². The SMILES string of the molecule is CC(C)NC(=O)Nc1cccc(C(=O)NC(C)CC(=O)O)c1. The zero-order valence-electron chi connectivity index (χ0n) is 12.8. The molecule has 120 valence electrons. The largest absolute Gasteiger partial charge is 0.481 e. The van der Waals surface area contributed by atoms with E-state index < -0.39 is 12.0 Å². The number of carboxylic acids is 1. The van der Waals surface area contributed by atoms with Crippen molar-refractivity contribution in [1.29, 1.82) is 0 Å². The molecule has 1 unspecified atom stereocenters. The number of anilines is 1. The van der Waals surface area contributed by atoms with Crippen LogP contribution in [0.5, 0.6) is 0 Å². The second kappa shape index (κ2) is 8.02. The average molecular weight is 307 g/mol.